The van der Waals surface area contributed by atoms with Crippen LogP contribution in [0.1, 0.15) is 0 Å². The number of hydrogen-bond acceptors (Lipinski definition) is 4. The summed E-state index contributed by atoms with van der Waals surface area (Å²) < 4.78 is 24.4. The quantitative estimate of drug-likeness (QED) is 0.837. The first-order chi connectivity index (χ1) is 7.47. The Balaban J connectivity index is 2.44. The van der Waals surface area contributed by atoms with Crippen molar-refractivity contribution < 1.29 is 8.42 Å². The van der Waals surface area contributed by atoms with E-state index in [9.17, 15) is 8.42 Å². The van der Waals surface area contributed by atoms with Crippen molar-refractivity contribution in [3.63, 3.8) is 0 Å². The second kappa shape index (κ2) is 3.99. The average Bonchev–Trinajstić information content (AvgIpc) is 2.49. The van der Waals surface area contributed by atoms with E-state index in [0.717, 1.165) is 5.52 Å². The van der Waals surface area contributed by atoms with Gasteiger partial charge in [0.25, 0.3) is 0 Å². The maximum Gasteiger partial charge on any atom is 0.179 e. The summed E-state index contributed by atoms with van der Waals surface area (Å²) in [6.45, 7) is 0.328. The van der Waals surface area contributed by atoms with Crippen LogP contribution in [0.15, 0.2) is 18.3 Å². The molecular formula is C9H11N3O2S2. The van der Waals surface area contributed by atoms with E-state index in [2.05, 4.69) is 9.97 Å². The van der Waals surface area contributed by atoms with Crippen molar-refractivity contribution in [3.05, 3.63) is 23.1 Å². The van der Waals surface area contributed by atoms with Gasteiger partial charge in [-0.05, 0) is 24.4 Å². The first-order valence-corrected chi connectivity index (χ1v) is 7.15. The molecule has 2 aromatic rings. The predicted octanol–water partition coefficient (Wildman–Crippen LogP) is 1.14. The molecule has 2 aromatic heterocycles. The Hall–Kier alpha value is -1.21. The third-order valence-electron chi connectivity index (χ3n) is 2.21. The zero-order valence-electron chi connectivity index (χ0n) is 8.67. The molecule has 0 aliphatic rings. The van der Waals surface area contributed by atoms with E-state index in [1.807, 2.05) is 6.07 Å². The van der Waals surface area contributed by atoms with Crippen LogP contribution >= 0.6 is 12.2 Å². The average molecular weight is 257 g/mol. The van der Waals surface area contributed by atoms with Crippen LogP contribution in [-0.4, -0.2) is 35.0 Å². The molecule has 0 saturated carbocycles. The van der Waals surface area contributed by atoms with Gasteiger partial charge in [-0.25, -0.2) is 13.4 Å². The van der Waals surface area contributed by atoms with Gasteiger partial charge in [0.1, 0.15) is 9.84 Å². The largest absolute Gasteiger partial charge is 0.329 e. The van der Waals surface area contributed by atoms with Crippen LogP contribution in [0, 0.1) is 4.77 Å². The Kier molecular flexibility index (Phi) is 2.81. The topological polar surface area (TPSA) is 67.8 Å². The van der Waals surface area contributed by atoms with Crippen LogP contribution in [0.2, 0.25) is 0 Å². The molecular weight excluding hydrogens is 246 g/mol. The molecule has 0 fully saturated rings. The Morgan fingerprint density at radius 3 is 3.00 bits per heavy atom. The molecule has 16 heavy (non-hydrogen) atoms. The lowest BCUT2D eigenvalue weighted by Crippen LogP contribution is -2.11. The van der Waals surface area contributed by atoms with Crippen molar-refractivity contribution in [1.82, 2.24) is 14.5 Å². The van der Waals surface area contributed by atoms with Crippen LogP contribution in [0.25, 0.3) is 11.2 Å². The minimum absolute atomic E-state index is 0.0604. The number of H-pyrrole nitrogens is 1. The van der Waals surface area contributed by atoms with E-state index in [1.54, 1.807) is 16.8 Å². The Bertz CT molecular complexity index is 669. The molecule has 0 saturated heterocycles. The first-order valence-electron chi connectivity index (χ1n) is 4.68. The molecule has 2 rings (SSSR count). The molecule has 0 aliphatic heterocycles. The summed E-state index contributed by atoms with van der Waals surface area (Å²) in [7, 11) is -2.99. The summed E-state index contributed by atoms with van der Waals surface area (Å²) in [6.07, 6.45) is 2.86. The number of imidazole rings is 1. The Morgan fingerprint density at radius 2 is 2.31 bits per heavy atom. The summed E-state index contributed by atoms with van der Waals surface area (Å²) in [5, 5.41) is 0. The van der Waals surface area contributed by atoms with Crippen molar-refractivity contribution >= 4 is 33.2 Å². The van der Waals surface area contributed by atoms with Crippen molar-refractivity contribution in [2.75, 3.05) is 12.0 Å². The van der Waals surface area contributed by atoms with Gasteiger partial charge in [0.05, 0.1) is 11.3 Å². The van der Waals surface area contributed by atoms with Gasteiger partial charge in [-0.15, -0.1) is 0 Å². The summed E-state index contributed by atoms with van der Waals surface area (Å²) in [5.41, 5.74) is 1.51. The number of sulfone groups is 1. The van der Waals surface area contributed by atoms with Gasteiger partial charge in [0, 0.05) is 19.0 Å². The monoisotopic (exact) mass is 257 g/mol. The van der Waals surface area contributed by atoms with Gasteiger partial charge in [-0.2, -0.15) is 0 Å². The van der Waals surface area contributed by atoms with Gasteiger partial charge in [0.15, 0.2) is 10.4 Å². The molecule has 2 heterocycles. The molecule has 0 bridgehead atoms. The van der Waals surface area contributed by atoms with Crippen molar-refractivity contribution in [1.29, 1.82) is 0 Å². The number of fused-ring (bicyclic) bond motifs is 1. The highest BCUT2D eigenvalue weighted by Crippen LogP contribution is 2.10. The molecule has 0 radical (unpaired) electrons. The van der Waals surface area contributed by atoms with Crippen LogP contribution in [0.5, 0.6) is 0 Å². The van der Waals surface area contributed by atoms with Crippen LogP contribution in [-0.2, 0) is 16.4 Å². The number of nitrogens with zero attached hydrogens (tertiary/aromatic N) is 2. The molecule has 5 nitrogen and oxygen atoms in total. The summed E-state index contributed by atoms with van der Waals surface area (Å²) >= 11 is 5.11. The minimum Gasteiger partial charge on any atom is -0.329 e. The lowest BCUT2D eigenvalue weighted by atomic mass is 10.4. The summed E-state index contributed by atoms with van der Waals surface area (Å²) in [4.78, 5) is 7.16. The number of nitrogens with one attached hydrogen (secondary N) is 1. The highest BCUT2D eigenvalue weighted by atomic mass is 32.2. The molecule has 0 atom stereocenters. The van der Waals surface area contributed by atoms with Crippen LogP contribution in [0.4, 0.5) is 0 Å². The smallest absolute Gasteiger partial charge is 0.179 e. The maximum absolute atomic E-state index is 11.1. The number of aromatic amines is 1. The van der Waals surface area contributed by atoms with Crippen molar-refractivity contribution in [2.45, 2.75) is 6.54 Å². The standard InChI is InChI=1S/C9H11N3O2S2/c1-16(13,14)6-5-12-8-7(11-9(12)15)3-2-4-10-8/h2-4H,5-6H2,1H3,(H,11,15). The first kappa shape index (κ1) is 11.3. The second-order valence-corrected chi connectivity index (χ2v) is 6.23. The Morgan fingerprint density at radius 1 is 1.56 bits per heavy atom. The number of aromatic nitrogens is 3. The third kappa shape index (κ3) is 2.30. The number of pyridine rings is 1. The number of rotatable bonds is 3. The third-order valence-corrected chi connectivity index (χ3v) is 3.46. The summed E-state index contributed by atoms with van der Waals surface area (Å²) in [6, 6.07) is 3.66. The fourth-order valence-corrected chi connectivity index (χ4v) is 2.25. The lowest BCUT2D eigenvalue weighted by molar-refractivity contribution is 0.595. The molecule has 0 spiro atoms. The molecule has 0 unspecified atom stereocenters. The normalized spacial score (nSPS) is 12.1. The lowest BCUT2D eigenvalue weighted by Gasteiger charge is -2.01. The molecule has 0 aromatic carbocycles. The number of aryl methyl sites for hydroxylation is 1. The van der Waals surface area contributed by atoms with Gasteiger partial charge >= 0.3 is 0 Å². The zero-order valence-corrected chi connectivity index (χ0v) is 10.3. The maximum atomic E-state index is 11.1. The van der Waals surface area contributed by atoms with Gasteiger partial charge in [-0.3, -0.25) is 0 Å². The fraction of sp³-hybridized carbons (Fsp3) is 0.333. The molecule has 1 N–H and O–H groups in total. The SMILES string of the molecule is CS(=O)(=O)CCn1c(=S)[nH]c2cccnc21. The van der Waals surface area contributed by atoms with Gasteiger partial charge < -0.3 is 9.55 Å². The van der Waals surface area contributed by atoms with Crippen molar-refractivity contribution in [3.8, 4) is 0 Å². The van der Waals surface area contributed by atoms with E-state index < -0.39 is 9.84 Å². The number of hydrogen-bond donors (Lipinski definition) is 1. The van der Waals surface area contributed by atoms with Gasteiger partial charge in [-0.1, -0.05) is 0 Å². The van der Waals surface area contributed by atoms with E-state index >= 15 is 0 Å². The molecule has 7 heteroatoms. The molecule has 86 valence electrons. The minimum atomic E-state index is -2.99. The van der Waals surface area contributed by atoms with E-state index in [1.165, 1.54) is 6.26 Å². The molecule has 0 amide bonds. The van der Waals surface area contributed by atoms with Crippen molar-refractivity contribution in [2.24, 2.45) is 0 Å². The van der Waals surface area contributed by atoms with Crippen LogP contribution in [0.3, 0.4) is 0 Å². The van der Waals surface area contributed by atoms with E-state index in [-0.39, 0.29) is 5.75 Å². The van der Waals surface area contributed by atoms with Gasteiger partial charge in [0.2, 0.25) is 0 Å². The van der Waals surface area contributed by atoms with E-state index in [0.29, 0.717) is 17.0 Å². The van der Waals surface area contributed by atoms with Crippen LogP contribution < -0.4 is 0 Å². The van der Waals surface area contributed by atoms with E-state index in [4.69, 9.17) is 12.2 Å². The zero-order chi connectivity index (χ0) is 11.8. The Labute approximate surface area is 98.1 Å². The predicted molar refractivity (Wildman–Crippen MR) is 64.6 cm³/mol. The second-order valence-electron chi connectivity index (χ2n) is 3.59. The summed E-state index contributed by atoms with van der Waals surface area (Å²) in [5.74, 6) is 0.0604. The highest BCUT2D eigenvalue weighted by molar-refractivity contribution is 7.90. The highest BCUT2D eigenvalue weighted by Gasteiger charge is 2.08. The molecule has 0 aliphatic carbocycles. The fourth-order valence-electron chi connectivity index (χ4n) is 1.45.